The third-order valence-corrected chi connectivity index (χ3v) is 3.56. The van der Waals surface area contributed by atoms with Crippen LogP contribution in [0.25, 0.3) is 0 Å². The monoisotopic (exact) mass is 212 g/mol. The molecule has 1 unspecified atom stereocenters. The lowest BCUT2D eigenvalue weighted by molar-refractivity contribution is 0.155. The third kappa shape index (κ3) is 4.52. The molecule has 0 bridgehead atoms. The van der Waals surface area contributed by atoms with E-state index in [1.165, 1.54) is 45.2 Å². The van der Waals surface area contributed by atoms with Crippen molar-refractivity contribution in [3.8, 4) is 0 Å². The molecule has 1 aliphatic rings. The average Bonchev–Trinajstić information content (AvgIpc) is 2.43. The van der Waals surface area contributed by atoms with Crippen LogP contribution in [0.5, 0.6) is 0 Å². The molecule has 0 spiro atoms. The molecule has 2 heteroatoms. The number of nitrogens with zero attached hydrogens (tertiary/aromatic N) is 1. The SMILES string of the molecule is CNCCCN1CCCCCC1C(C)C. The zero-order chi connectivity index (χ0) is 11.1. The minimum Gasteiger partial charge on any atom is -0.320 e. The molecule has 15 heavy (non-hydrogen) atoms. The molecular weight excluding hydrogens is 184 g/mol. The standard InChI is InChI=1S/C13H28N2/c1-12(2)13-8-5-4-6-10-15(13)11-7-9-14-3/h12-14H,4-11H2,1-3H3. The highest BCUT2D eigenvalue weighted by molar-refractivity contribution is 4.77. The molecule has 0 aromatic heterocycles. The van der Waals surface area contributed by atoms with E-state index in [1.54, 1.807) is 0 Å². The van der Waals surface area contributed by atoms with Crippen LogP contribution >= 0.6 is 0 Å². The van der Waals surface area contributed by atoms with Gasteiger partial charge in [0.1, 0.15) is 0 Å². The first-order valence-corrected chi connectivity index (χ1v) is 6.64. The van der Waals surface area contributed by atoms with Crippen LogP contribution in [-0.2, 0) is 0 Å². The van der Waals surface area contributed by atoms with Crippen LogP contribution in [0.3, 0.4) is 0 Å². The summed E-state index contributed by atoms with van der Waals surface area (Å²) in [5, 5.41) is 3.24. The maximum absolute atomic E-state index is 3.24. The number of likely N-dealkylation sites (tertiary alicyclic amines) is 1. The predicted octanol–water partition coefficient (Wildman–Crippen LogP) is 2.50. The van der Waals surface area contributed by atoms with Crippen molar-refractivity contribution in [3.05, 3.63) is 0 Å². The first kappa shape index (κ1) is 13.0. The molecule has 1 N–H and O–H groups in total. The quantitative estimate of drug-likeness (QED) is 0.704. The van der Waals surface area contributed by atoms with Gasteiger partial charge in [-0.3, -0.25) is 0 Å². The molecule has 1 fully saturated rings. The summed E-state index contributed by atoms with van der Waals surface area (Å²) >= 11 is 0. The van der Waals surface area contributed by atoms with Crippen LogP contribution in [0.15, 0.2) is 0 Å². The van der Waals surface area contributed by atoms with Crippen molar-refractivity contribution in [2.75, 3.05) is 26.7 Å². The van der Waals surface area contributed by atoms with Gasteiger partial charge < -0.3 is 10.2 Å². The van der Waals surface area contributed by atoms with E-state index in [9.17, 15) is 0 Å². The zero-order valence-electron chi connectivity index (χ0n) is 10.8. The largest absolute Gasteiger partial charge is 0.320 e. The van der Waals surface area contributed by atoms with E-state index in [2.05, 4.69) is 24.1 Å². The van der Waals surface area contributed by atoms with Gasteiger partial charge in [-0.2, -0.15) is 0 Å². The summed E-state index contributed by atoms with van der Waals surface area (Å²) in [4.78, 5) is 2.73. The lowest BCUT2D eigenvalue weighted by Crippen LogP contribution is -2.39. The highest BCUT2D eigenvalue weighted by atomic mass is 15.2. The summed E-state index contributed by atoms with van der Waals surface area (Å²) in [7, 11) is 2.04. The summed E-state index contributed by atoms with van der Waals surface area (Å²) in [5.41, 5.74) is 0. The van der Waals surface area contributed by atoms with Gasteiger partial charge in [-0.25, -0.2) is 0 Å². The van der Waals surface area contributed by atoms with Crippen LogP contribution in [0.1, 0.15) is 46.0 Å². The lowest BCUT2D eigenvalue weighted by Gasteiger charge is -2.32. The molecule has 0 aromatic rings. The normalized spacial score (nSPS) is 24.4. The van der Waals surface area contributed by atoms with E-state index in [4.69, 9.17) is 0 Å². The molecule has 1 saturated heterocycles. The van der Waals surface area contributed by atoms with Gasteiger partial charge in [-0.05, 0) is 51.9 Å². The number of hydrogen-bond donors (Lipinski definition) is 1. The Bertz CT molecular complexity index is 157. The van der Waals surface area contributed by atoms with Gasteiger partial charge in [0.15, 0.2) is 0 Å². The fraction of sp³-hybridized carbons (Fsp3) is 1.00. The zero-order valence-corrected chi connectivity index (χ0v) is 10.8. The molecule has 0 radical (unpaired) electrons. The first-order chi connectivity index (χ1) is 7.25. The highest BCUT2D eigenvalue weighted by Gasteiger charge is 2.22. The molecule has 0 saturated carbocycles. The first-order valence-electron chi connectivity index (χ1n) is 6.64. The van der Waals surface area contributed by atoms with Crippen molar-refractivity contribution in [2.45, 2.75) is 52.0 Å². The molecule has 1 atom stereocenters. The van der Waals surface area contributed by atoms with Crippen LogP contribution in [0.2, 0.25) is 0 Å². The average molecular weight is 212 g/mol. The Labute approximate surface area is 95.4 Å². The van der Waals surface area contributed by atoms with Crippen molar-refractivity contribution in [1.82, 2.24) is 10.2 Å². The van der Waals surface area contributed by atoms with E-state index in [-0.39, 0.29) is 0 Å². The Morgan fingerprint density at radius 3 is 2.73 bits per heavy atom. The van der Waals surface area contributed by atoms with Gasteiger partial charge >= 0.3 is 0 Å². The van der Waals surface area contributed by atoms with Crippen molar-refractivity contribution in [3.63, 3.8) is 0 Å². The van der Waals surface area contributed by atoms with Gasteiger partial charge in [0.05, 0.1) is 0 Å². The van der Waals surface area contributed by atoms with Crippen LogP contribution in [0, 0.1) is 5.92 Å². The predicted molar refractivity (Wildman–Crippen MR) is 67.2 cm³/mol. The molecule has 1 heterocycles. The number of hydrogen-bond acceptors (Lipinski definition) is 2. The van der Waals surface area contributed by atoms with Gasteiger partial charge in [0.2, 0.25) is 0 Å². The summed E-state index contributed by atoms with van der Waals surface area (Å²) in [5.74, 6) is 0.817. The van der Waals surface area contributed by atoms with E-state index in [0.29, 0.717) is 0 Å². The van der Waals surface area contributed by atoms with Gasteiger partial charge in [0, 0.05) is 6.04 Å². The second-order valence-corrected chi connectivity index (χ2v) is 5.15. The third-order valence-electron chi connectivity index (χ3n) is 3.56. The van der Waals surface area contributed by atoms with Gasteiger partial charge in [-0.15, -0.1) is 0 Å². The Balaban J connectivity index is 2.39. The molecule has 0 aromatic carbocycles. The van der Waals surface area contributed by atoms with E-state index in [1.807, 2.05) is 7.05 Å². The van der Waals surface area contributed by atoms with Gasteiger partial charge in [-0.1, -0.05) is 26.7 Å². The minimum atomic E-state index is 0.817. The number of nitrogens with one attached hydrogen (secondary N) is 1. The van der Waals surface area contributed by atoms with Crippen molar-refractivity contribution >= 4 is 0 Å². The summed E-state index contributed by atoms with van der Waals surface area (Å²) in [6.45, 7) is 8.51. The fourth-order valence-corrected chi connectivity index (χ4v) is 2.69. The maximum atomic E-state index is 3.24. The molecule has 0 aliphatic carbocycles. The molecule has 0 amide bonds. The summed E-state index contributed by atoms with van der Waals surface area (Å²) in [6, 6.07) is 0.837. The number of rotatable bonds is 5. The van der Waals surface area contributed by atoms with Gasteiger partial charge in [0.25, 0.3) is 0 Å². The second kappa shape index (κ2) is 7.24. The van der Waals surface area contributed by atoms with E-state index < -0.39 is 0 Å². The summed E-state index contributed by atoms with van der Waals surface area (Å²) in [6.07, 6.45) is 6.98. The highest BCUT2D eigenvalue weighted by Crippen LogP contribution is 2.22. The van der Waals surface area contributed by atoms with Crippen LogP contribution in [0.4, 0.5) is 0 Å². The van der Waals surface area contributed by atoms with Crippen LogP contribution in [-0.4, -0.2) is 37.6 Å². The smallest absolute Gasteiger partial charge is 0.0118 e. The maximum Gasteiger partial charge on any atom is 0.0118 e. The molecule has 2 nitrogen and oxygen atoms in total. The Morgan fingerprint density at radius 2 is 2.07 bits per heavy atom. The molecular formula is C13H28N2. The topological polar surface area (TPSA) is 15.3 Å². The van der Waals surface area contributed by atoms with Crippen LogP contribution < -0.4 is 5.32 Å². The van der Waals surface area contributed by atoms with Crippen molar-refractivity contribution < 1.29 is 0 Å². The molecule has 90 valence electrons. The van der Waals surface area contributed by atoms with E-state index >= 15 is 0 Å². The molecule has 1 rings (SSSR count). The minimum absolute atomic E-state index is 0.817. The Morgan fingerprint density at radius 1 is 1.27 bits per heavy atom. The Hall–Kier alpha value is -0.0800. The van der Waals surface area contributed by atoms with Crippen molar-refractivity contribution in [2.24, 2.45) is 5.92 Å². The van der Waals surface area contributed by atoms with Crippen molar-refractivity contribution in [1.29, 1.82) is 0 Å². The van der Waals surface area contributed by atoms with E-state index in [0.717, 1.165) is 18.5 Å². The summed E-state index contributed by atoms with van der Waals surface area (Å²) < 4.78 is 0. The Kier molecular flexibility index (Phi) is 6.26. The fourth-order valence-electron chi connectivity index (χ4n) is 2.69. The lowest BCUT2D eigenvalue weighted by atomic mass is 9.98. The molecule has 1 aliphatic heterocycles. The second-order valence-electron chi connectivity index (χ2n) is 5.15.